The highest BCUT2D eigenvalue weighted by Crippen LogP contribution is 2.44. The van der Waals surface area contributed by atoms with Crippen molar-refractivity contribution in [2.75, 3.05) is 36.4 Å². The topological polar surface area (TPSA) is 60.8 Å². The van der Waals surface area contributed by atoms with Crippen LogP contribution in [0.5, 0.6) is 0 Å². The van der Waals surface area contributed by atoms with E-state index in [1.165, 1.54) is 11.1 Å². The maximum absolute atomic E-state index is 14.4. The largest absolute Gasteiger partial charge is 0.369 e. The van der Waals surface area contributed by atoms with Gasteiger partial charge in [0.15, 0.2) is 0 Å². The molecule has 0 aliphatic carbocycles. The molecule has 3 heterocycles. The van der Waals surface area contributed by atoms with Gasteiger partial charge in [-0.3, -0.25) is 14.5 Å². The number of amides is 2. The fourth-order valence-corrected chi connectivity index (χ4v) is 8.51. The normalized spacial score (nSPS) is 17.3. The van der Waals surface area contributed by atoms with Gasteiger partial charge in [0.05, 0.1) is 12.1 Å². The standard InChI is InChI=1S/C46H47N5O2/c1-4-32(2)42(51-44(38-20-11-12-21-39(38)46(51)53)40-31-48(3)41-22-14-13-19-37(40)41)45(52)47-35-23-25-36(26-24-35)49-27-29-50(30-28-49)43(33-15-7-5-8-16-33)34-17-9-6-10-18-34/h5-26,31-32,42-44H,4,27-30H2,1-3H3,(H,47,52). The van der Waals surface area contributed by atoms with Crippen LogP contribution < -0.4 is 10.2 Å². The van der Waals surface area contributed by atoms with Crippen molar-refractivity contribution in [1.29, 1.82) is 0 Å². The molecule has 7 nitrogen and oxygen atoms in total. The summed E-state index contributed by atoms with van der Waals surface area (Å²) in [4.78, 5) is 35.6. The number of carbonyl (C=O) groups excluding carboxylic acids is 2. The number of piperazine rings is 1. The van der Waals surface area contributed by atoms with Crippen LogP contribution in [0.3, 0.4) is 0 Å². The maximum atomic E-state index is 14.4. The van der Waals surface area contributed by atoms with Gasteiger partial charge in [0.25, 0.3) is 5.91 Å². The minimum absolute atomic E-state index is 0.0723. The molecule has 1 N–H and O–H groups in total. The zero-order valence-electron chi connectivity index (χ0n) is 30.7. The highest BCUT2D eigenvalue weighted by Gasteiger charge is 2.46. The fraction of sp³-hybridized carbons (Fsp3) is 0.261. The zero-order valence-corrected chi connectivity index (χ0v) is 30.7. The number of anilines is 2. The lowest BCUT2D eigenvalue weighted by atomic mass is 9.92. The summed E-state index contributed by atoms with van der Waals surface area (Å²) in [6, 6.07) is 45.0. The molecule has 1 aromatic heterocycles. The molecule has 3 unspecified atom stereocenters. The van der Waals surface area contributed by atoms with Crippen molar-refractivity contribution in [1.82, 2.24) is 14.4 Å². The van der Waals surface area contributed by atoms with Gasteiger partial charge >= 0.3 is 0 Å². The molecular weight excluding hydrogens is 655 g/mol. The second-order valence-corrected chi connectivity index (χ2v) is 14.5. The Hall–Kier alpha value is -5.66. The fourth-order valence-electron chi connectivity index (χ4n) is 8.51. The molecule has 3 atom stereocenters. The van der Waals surface area contributed by atoms with E-state index in [4.69, 9.17) is 0 Å². The molecule has 0 radical (unpaired) electrons. The van der Waals surface area contributed by atoms with Crippen LogP contribution in [0.4, 0.5) is 11.4 Å². The van der Waals surface area contributed by atoms with Gasteiger partial charge in [-0.2, -0.15) is 0 Å². The van der Waals surface area contributed by atoms with Crippen LogP contribution in [0.15, 0.2) is 140 Å². The van der Waals surface area contributed by atoms with E-state index in [0.717, 1.165) is 66.0 Å². The van der Waals surface area contributed by atoms with Crippen molar-refractivity contribution in [3.05, 3.63) is 167 Å². The quantitative estimate of drug-likeness (QED) is 0.155. The minimum Gasteiger partial charge on any atom is -0.369 e. The SMILES string of the molecule is CCC(C)C(C(=O)Nc1ccc(N2CCN(C(c3ccccc3)c3ccccc3)CC2)cc1)N1C(=O)c2ccccc2C1c1cn(C)c2ccccc12. The van der Waals surface area contributed by atoms with E-state index in [2.05, 4.69) is 125 Å². The Morgan fingerprint density at radius 2 is 1.34 bits per heavy atom. The Morgan fingerprint density at radius 1 is 0.736 bits per heavy atom. The summed E-state index contributed by atoms with van der Waals surface area (Å²) in [7, 11) is 2.04. The number of carbonyl (C=O) groups is 2. The average molecular weight is 702 g/mol. The highest BCUT2D eigenvalue weighted by atomic mass is 16.2. The maximum Gasteiger partial charge on any atom is 0.255 e. The van der Waals surface area contributed by atoms with E-state index in [9.17, 15) is 9.59 Å². The number of aromatic nitrogens is 1. The first-order chi connectivity index (χ1) is 25.9. The molecule has 8 rings (SSSR count). The molecule has 268 valence electrons. The van der Waals surface area contributed by atoms with E-state index in [1.54, 1.807) is 0 Å². The Kier molecular flexibility index (Phi) is 9.59. The summed E-state index contributed by atoms with van der Waals surface area (Å²) in [5.74, 6) is -0.341. The highest BCUT2D eigenvalue weighted by molar-refractivity contribution is 6.05. The van der Waals surface area contributed by atoms with Gasteiger partial charge in [0.1, 0.15) is 6.04 Å². The Balaban J connectivity index is 1.01. The molecular formula is C46H47N5O2. The van der Waals surface area contributed by atoms with E-state index in [0.29, 0.717) is 5.56 Å². The van der Waals surface area contributed by atoms with Crippen LogP contribution in [0, 0.1) is 5.92 Å². The van der Waals surface area contributed by atoms with Crippen LogP contribution in [0.25, 0.3) is 10.9 Å². The van der Waals surface area contributed by atoms with Crippen LogP contribution in [0.1, 0.15) is 65.0 Å². The summed E-state index contributed by atoms with van der Waals surface area (Å²) in [6.45, 7) is 7.85. The number of hydrogen-bond acceptors (Lipinski definition) is 4. The van der Waals surface area contributed by atoms with E-state index < -0.39 is 6.04 Å². The second kappa shape index (κ2) is 14.8. The number of aryl methyl sites for hydroxylation is 1. The van der Waals surface area contributed by atoms with Crippen molar-refractivity contribution >= 4 is 34.1 Å². The van der Waals surface area contributed by atoms with Crippen molar-refractivity contribution in [2.45, 2.75) is 38.4 Å². The molecule has 0 spiro atoms. The first-order valence-electron chi connectivity index (χ1n) is 18.9. The molecule has 2 amide bonds. The van der Waals surface area contributed by atoms with Gasteiger partial charge in [-0.15, -0.1) is 0 Å². The predicted octanol–water partition coefficient (Wildman–Crippen LogP) is 8.69. The molecule has 1 fully saturated rings. The average Bonchev–Trinajstić information content (AvgIpc) is 3.69. The van der Waals surface area contributed by atoms with Crippen molar-refractivity contribution < 1.29 is 9.59 Å². The summed E-state index contributed by atoms with van der Waals surface area (Å²) in [5, 5.41) is 4.31. The number of nitrogens with one attached hydrogen (secondary N) is 1. The lowest BCUT2D eigenvalue weighted by Gasteiger charge is -2.40. The Labute approximate surface area is 312 Å². The summed E-state index contributed by atoms with van der Waals surface area (Å²) < 4.78 is 2.11. The van der Waals surface area contributed by atoms with Crippen LogP contribution >= 0.6 is 0 Å². The monoisotopic (exact) mass is 701 g/mol. The van der Waals surface area contributed by atoms with Crippen LogP contribution in [-0.2, 0) is 11.8 Å². The molecule has 53 heavy (non-hydrogen) atoms. The van der Waals surface area contributed by atoms with Crippen molar-refractivity contribution in [2.24, 2.45) is 13.0 Å². The Morgan fingerprint density at radius 3 is 2.00 bits per heavy atom. The van der Waals surface area contributed by atoms with Gasteiger partial charge in [-0.05, 0) is 59.0 Å². The van der Waals surface area contributed by atoms with Gasteiger partial charge in [0.2, 0.25) is 5.91 Å². The molecule has 1 saturated heterocycles. The first-order valence-corrected chi connectivity index (χ1v) is 18.9. The van der Waals surface area contributed by atoms with E-state index >= 15 is 0 Å². The van der Waals surface area contributed by atoms with Gasteiger partial charge in [0, 0.05) is 72.8 Å². The molecule has 0 saturated carbocycles. The molecule has 2 aliphatic rings. The molecule has 2 aliphatic heterocycles. The molecule has 7 heteroatoms. The second-order valence-electron chi connectivity index (χ2n) is 14.5. The first kappa shape index (κ1) is 34.4. The van der Waals surface area contributed by atoms with Crippen molar-refractivity contribution in [3.8, 4) is 0 Å². The minimum atomic E-state index is -0.668. The third-order valence-corrected chi connectivity index (χ3v) is 11.4. The van der Waals surface area contributed by atoms with Crippen LogP contribution in [-0.4, -0.2) is 58.4 Å². The number of nitrogens with zero attached hydrogens (tertiary/aromatic N) is 4. The van der Waals surface area contributed by atoms with E-state index in [-0.39, 0.29) is 29.8 Å². The summed E-state index contributed by atoms with van der Waals surface area (Å²) >= 11 is 0. The van der Waals surface area contributed by atoms with Gasteiger partial charge < -0.3 is 19.7 Å². The number of para-hydroxylation sites is 1. The number of benzene rings is 5. The number of hydrogen-bond donors (Lipinski definition) is 1. The summed E-state index contributed by atoms with van der Waals surface area (Å²) in [6.07, 6.45) is 2.87. The number of rotatable bonds is 10. The van der Waals surface area contributed by atoms with E-state index in [1.807, 2.05) is 60.5 Å². The van der Waals surface area contributed by atoms with Crippen LogP contribution in [0.2, 0.25) is 0 Å². The Bertz CT molecular complexity index is 2170. The van der Waals surface area contributed by atoms with Gasteiger partial charge in [-0.1, -0.05) is 117 Å². The molecule has 0 bridgehead atoms. The molecule has 5 aromatic carbocycles. The lowest BCUT2D eigenvalue weighted by Crippen LogP contribution is -2.49. The zero-order chi connectivity index (χ0) is 36.5. The number of fused-ring (bicyclic) bond motifs is 2. The lowest BCUT2D eigenvalue weighted by molar-refractivity contribution is -0.122. The summed E-state index contributed by atoms with van der Waals surface area (Å²) in [5.41, 5.74) is 8.22. The van der Waals surface area contributed by atoms with Crippen molar-refractivity contribution in [3.63, 3.8) is 0 Å². The van der Waals surface area contributed by atoms with Gasteiger partial charge in [-0.25, -0.2) is 0 Å². The third-order valence-electron chi connectivity index (χ3n) is 11.4. The third kappa shape index (κ3) is 6.51. The molecule has 6 aromatic rings. The predicted molar refractivity (Wildman–Crippen MR) is 214 cm³/mol. The smallest absolute Gasteiger partial charge is 0.255 e.